The highest BCUT2D eigenvalue weighted by atomic mass is 16.5. The number of likely N-dealkylation sites (tertiary alicyclic amines) is 1. The number of carbonyl (C=O) groups is 1. The Labute approximate surface area is 195 Å². The molecule has 33 heavy (non-hydrogen) atoms. The summed E-state index contributed by atoms with van der Waals surface area (Å²) in [5.74, 6) is 1.95. The van der Waals surface area contributed by atoms with Gasteiger partial charge in [0.05, 0.1) is 0 Å². The van der Waals surface area contributed by atoms with Crippen molar-refractivity contribution >= 4 is 17.6 Å². The number of aromatic nitrogens is 1. The van der Waals surface area contributed by atoms with Crippen molar-refractivity contribution in [3.8, 4) is 5.75 Å². The molecule has 1 amide bonds. The van der Waals surface area contributed by atoms with Crippen LogP contribution in [-0.2, 0) is 0 Å². The third kappa shape index (κ3) is 5.16. The topological polar surface area (TPSA) is 72.4 Å². The monoisotopic (exact) mass is 451 g/mol. The van der Waals surface area contributed by atoms with Gasteiger partial charge in [0, 0.05) is 83.1 Å². The number of pyridine rings is 1. The zero-order valence-electron chi connectivity index (χ0n) is 19.1. The summed E-state index contributed by atoms with van der Waals surface area (Å²) in [6.45, 7) is 7.56. The summed E-state index contributed by atoms with van der Waals surface area (Å²) >= 11 is 0. The quantitative estimate of drug-likeness (QED) is 0.749. The predicted octanol–water partition coefficient (Wildman–Crippen LogP) is 3.00. The first kappa shape index (κ1) is 21.8. The minimum absolute atomic E-state index is 0.0912. The average Bonchev–Trinajstić information content (AvgIpc) is 3.06. The van der Waals surface area contributed by atoms with Crippen molar-refractivity contribution in [3.05, 3.63) is 48.7 Å². The lowest BCUT2D eigenvalue weighted by molar-refractivity contribution is 0.0895. The first-order valence-corrected chi connectivity index (χ1v) is 12.1. The molecule has 3 aliphatic heterocycles. The summed E-state index contributed by atoms with van der Waals surface area (Å²) in [6, 6.07) is 15.1. The van der Waals surface area contributed by atoms with E-state index in [9.17, 15) is 4.79 Å². The van der Waals surface area contributed by atoms with Gasteiger partial charge in [0.2, 0.25) is 0 Å². The van der Waals surface area contributed by atoms with Gasteiger partial charge < -0.3 is 24.5 Å². The first-order chi connectivity index (χ1) is 16.2. The van der Waals surface area contributed by atoms with Gasteiger partial charge in [0.25, 0.3) is 0 Å². The Balaban J connectivity index is 1.07. The van der Waals surface area contributed by atoms with E-state index in [-0.39, 0.29) is 6.10 Å². The van der Waals surface area contributed by atoms with Gasteiger partial charge in [-0.05, 0) is 42.8 Å². The highest BCUT2D eigenvalue weighted by molar-refractivity contribution is 5.65. The molecule has 1 aromatic heterocycles. The molecule has 176 valence electrons. The molecule has 2 aromatic rings. The molecule has 8 nitrogen and oxygen atoms in total. The van der Waals surface area contributed by atoms with Gasteiger partial charge in [0.15, 0.2) is 0 Å². The van der Waals surface area contributed by atoms with Crippen molar-refractivity contribution in [2.24, 2.45) is 0 Å². The fourth-order valence-corrected chi connectivity index (χ4v) is 5.06. The van der Waals surface area contributed by atoms with Crippen LogP contribution in [0.15, 0.2) is 48.7 Å². The predicted molar refractivity (Wildman–Crippen MR) is 128 cm³/mol. The van der Waals surface area contributed by atoms with Gasteiger partial charge >= 0.3 is 6.09 Å². The molecule has 3 fully saturated rings. The molecule has 3 aliphatic rings. The van der Waals surface area contributed by atoms with Crippen molar-refractivity contribution in [1.29, 1.82) is 0 Å². The van der Waals surface area contributed by atoms with E-state index in [1.54, 1.807) is 0 Å². The Morgan fingerprint density at radius 2 is 1.70 bits per heavy atom. The Bertz CT molecular complexity index is 911. The molecule has 4 heterocycles. The van der Waals surface area contributed by atoms with E-state index in [1.807, 2.05) is 24.4 Å². The van der Waals surface area contributed by atoms with E-state index in [0.29, 0.717) is 19.1 Å². The second kappa shape index (κ2) is 9.87. The highest BCUT2D eigenvalue weighted by Gasteiger charge is 2.33. The van der Waals surface area contributed by atoms with E-state index in [4.69, 9.17) is 9.84 Å². The summed E-state index contributed by atoms with van der Waals surface area (Å²) in [6.07, 6.45) is 3.79. The maximum atomic E-state index is 11.0. The fraction of sp³-hybridized carbons (Fsp3) is 0.520. The molecule has 1 aromatic carbocycles. The lowest BCUT2D eigenvalue weighted by Crippen LogP contribution is -2.60. The SMILES string of the molecule is O=C(O)N1CCC(Oc2ccc(N3CC(N4CCCN(c5ccccn5)CC4)C3)cc2)CC1. The molecule has 0 atom stereocenters. The number of benzene rings is 1. The van der Waals surface area contributed by atoms with Crippen LogP contribution in [-0.4, -0.2) is 90.5 Å². The van der Waals surface area contributed by atoms with Crippen molar-refractivity contribution < 1.29 is 14.6 Å². The number of hydrogen-bond donors (Lipinski definition) is 1. The molecule has 1 N–H and O–H groups in total. The molecule has 0 saturated carbocycles. The van der Waals surface area contributed by atoms with Gasteiger partial charge in [-0.3, -0.25) is 4.90 Å². The van der Waals surface area contributed by atoms with Gasteiger partial charge in [0.1, 0.15) is 17.7 Å². The molecular formula is C25H33N5O3. The third-order valence-corrected chi connectivity index (χ3v) is 7.10. The van der Waals surface area contributed by atoms with Crippen molar-refractivity contribution in [3.63, 3.8) is 0 Å². The zero-order chi connectivity index (χ0) is 22.6. The van der Waals surface area contributed by atoms with Crippen molar-refractivity contribution in [2.75, 3.05) is 62.2 Å². The van der Waals surface area contributed by atoms with Gasteiger partial charge in [-0.15, -0.1) is 0 Å². The molecule has 5 rings (SSSR count). The van der Waals surface area contributed by atoms with Crippen LogP contribution in [0.25, 0.3) is 0 Å². The Morgan fingerprint density at radius 3 is 2.39 bits per heavy atom. The van der Waals surface area contributed by atoms with Crippen LogP contribution in [0.4, 0.5) is 16.3 Å². The number of carboxylic acid groups (broad SMARTS) is 1. The normalized spacial score (nSPS) is 20.9. The van der Waals surface area contributed by atoms with Crippen LogP contribution in [0, 0.1) is 0 Å². The molecule has 0 radical (unpaired) electrons. The second-order valence-electron chi connectivity index (χ2n) is 9.20. The maximum absolute atomic E-state index is 11.0. The highest BCUT2D eigenvalue weighted by Crippen LogP contribution is 2.28. The van der Waals surface area contributed by atoms with E-state index in [2.05, 4.69) is 43.9 Å². The van der Waals surface area contributed by atoms with Crippen LogP contribution < -0.4 is 14.5 Å². The summed E-state index contributed by atoms with van der Waals surface area (Å²) in [5, 5.41) is 9.07. The minimum atomic E-state index is -0.837. The lowest BCUT2D eigenvalue weighted by Gasteiger charge is -2.46. The number of piperidine rings is 1. The number of hydrogen-bond acceptors (Lipinski definition) is 6. The smallest absolute Gasteiger partial charge is 0.407 e. The van der Waals surface area contributed by atoms with E-state index >= 15 is 0 Å². The number of rotatable bonds is 5. The van der Waals surface area contributed by atoms with Gasteiger partial charge in [-0.2, -0.15) is 0 Å². The Hall–Kier alpha value is -3.00. The van der Waals surface area contributed by atoms with Crippen LogP contribution >= 0.6 is 0 Å². The summed E-state index contributed by atoms with van der Waals surface area (Å²) in [4.78, 5) is 24.5. The van der Waals surface area contributed by atoms with E-state index in [0.717, 1.165) is 63.7 Å². The Morgan fingerprint density at radius 1 is 0.909 bits per heavy atom. The van der Waals surface area contributed by atoms with Crippen LogP contribution in [0.1, 0.15) is 19.3 Å². The van der Waals surface area contributed by atoms with Gasteiger partial charge in [-0.25, -0.2) is 9.78 Å². The van der Waals surface area contributed by atoms with Gasteiger partial charge in [-0.1, -0.05) is 6.07 Å². The van der Waals surface area contributed by atoms with Crippen molar-refractivity contribution in [2.45, 2.75) is 31.4 Å². The fourth-order valence-electron chi connectivity index (χ4n) is 5.06. The number of amides is 1. The standard InChI is InChI=1S/C25H33N5O3/c31-25(32)29-14-9-23(10-15-29)33-22-7-5-20(6-8-22)30-18-21(19-30)27-12-3-13-28(17-16-27)24-4-1-2-11-26-24/h1-2,4-8,11,21,23H,3,9-10,12-19H2,(H,31,32). The zero-order valence-corrected chi connectivity index (χ0v) is 19.1. The van der Waals surface area contributed by atoms with Crippen LogP contribution in [0.3, 0.4) is 0 Å². The lowest BCUT2D eigenvalue weighted by atomic mass is 10.1. The van der Waals surface area contributed by atoms with Crippen LogP contribution in [0.2, 0.25) is 0 Å². The summed E-state index contributed by atoms with van der Waals surface area (Å²) in [7, 11) is 0. The van der Waals surface area contributed by atoms with E-state index < -0.39 is 6.09 Å². The maximum Gasteiger partial charge on any atom is 0.407 e. The molecular weight excluding hydrogens is 418 g/mol. The minimum Gasteiger partial charge on any atom is -0.490 e. The van der Waals surface area contributed by atoms with E-state index in [1.165, 1.54) is 17.0 Å². The molecule has 0 bridgehead atoms. The molecule has 0 spiro atoms. The third-order valence-electron chi connectivity index (χ3n) is 7.10. The largest absolute Gasteiger partial charge is 0.490 e. The number of anilines is 2. The van der Waals surface area contributed by atoms with Crippen LogP contribution in [0.5, 0.6) is 5.75 Å². The molecule has 3 saturated heterocycles. The summed E-state index contributed by atoms with van der Waals surface area (Å²) in [5.41, 5.74) is 1.24. The molecule has 0 aliphatic carbocycles. The van der Waals surface area contributed by atoms with Crippen molar-refractivity contribution in [1.82, 2.24) is 14.8 Å². The first-order valence-electron chi connectivity index (χ1n) is 12.1. The Kier molecular flexibility index (Phi) is 6.53. The molecule has 0 unspecified atom stereocenters. The average molecular weight is 452 g/mol. The summed E-state index contributed by atoms with van der Waals surface area (Å²) < 4.78 is 6.09. The molecule has 8 heteroatoms. The second-order valence-corrected chi connectivity index (χ2v) is 9.20. The number of ether oxygens (including phenoxy) is 1. The number of nitrogens with zero attached hydrogens (tertiary/aromatic N) is 5.